The molecule has 1 aromatic rings. The lowest BCUT2D eigenvalue weighted by Gasteiger charge is -1.95. The van der Waals surface area contributed by atoms with Gasteiger partial charge in [-0.1, -0.05) is 25.8 Å². The standard InChI is InChI=1S/C11H18N.C2H4O2/c1-2-3-4-6-9-12-10-7-5-8-11-12;1-2(3)4/h5,7-8,10-11H,2-4,6,9H2,1H3;1H3,(H,3,4)/q+1;/p-1. The summed E-state index contributed by atoms with van der Waals surface area (Å²) >= 11 is 0. The van der Waals surface area contributed by atoms with Crippen molar-refractivity contribution in [1.29, 1.82) is 0 Å². The lowest BCUT2D eigenvalue weighted by molar-refractivity contribution is -0.697. The van der Waals surface area contributed by atoms with Gasteiger partial charge in [-0.05, 0) is 13.3 Å². The maximum atomic E-state index is 8.89. The van der Waals surface area contributed by atoms with Crippen LogP contribution < -0.4 is 9.67 Å². The van der Waals surface area contributed by atoms with Gasteiger partial charge >= 0.3 is 0 Å². The summed E-state index contributed by atoms with van der Waals surface area (Å²) in [7, 11) is 0. The third-order valence-electron chi connectivity index (χ3n) is 2.05. The zero-order chi connectivity index (χ0) is 12.2. The second kappa shape index (κ2) is 10.1. The Balaban J connectivity index is 0.000000487. The highest BCUT2D eigenvalue weighted by molar-refractivity contribution is 5.60. The number of carboxylic acid groups (broad SMARTS) is 1. The third kappa shape index (κ3) is 10.7. The van der Waals surface area contributed by atoms with Crippen LogP contribution >= 0.6 is 0 Å². The molecule has 0 aliphatic heterocycles. The van der Waals surface area contributed by atoms with Gasteiger partial charge in [0, 0.05) is 24.5 Å². The van der Waals surface area contributed by atoms with E-state index in [-0.39, 0.29) is 0 Å². The van der Waals surface area contributed by atoms with Gasteiger partial charge in [-0.15, -0.1) is 0 Å². The second-order valence-corrected chi connectivity index (χ2v) is 3.67. The Labute approximate surface area is 97.7 Å². The molecule has 0 saturated heterocycles. The van der Waals surface area contributed by atoms with Crippen LogP contribution in [-0.4, -0.2) is 5.97 Å². The molecule has 0 unspecified atom stereocenters. The average Bonchev–Trinajstić information content (AvgIpc) is 2.25. The van der Waals surface area contributed by atoms with E-state index in [0.717, 1.165) is 6.92 Å². The first-order valence-electron chi connectivity index (χ1n) is 5.78. The molecule has 0 atom stereocenters. The van der Waals surface area contributed by atoms with Crippen molar-refractivity contribution in [2.75, 3.05) is 0 Å². The van der Waals surface area contributed by atoms with Crippen molar-refractivity contribution in [2.24, 2.45) is 0 Å². The van der Waals surface area contributed by atoms with E-state index < -0.39 is 5.97 Å². The van der Waals surface area contributed by atoms with Crippen LogP contribution in [0.1, 0.15) is 39.5 Å². The molecule has 1 rings (SSSR count). The first-order valence-corrected chi connectivity index (χ1v) is 5.78. The SMILES string of the molecule is CC(=O)[O-].CCCCCC[n+]1ccccc1. The Morgan fingerprint density at radius 2 is 1.69 bits per heavy atom. The van der Waals surface area contributed by atoms with Gasteiger partial charge in [0.1, 0.15) is 6.54 Å². The first-order chi connectivity index (χ1) is 7.66. The summed E-state index contributed by atoms with van der Waals surface area (Å²) < 4.78 is 2.25. The molecule has 3 nitrogen and oxygen atoms in total. The Morgan fingerprint density at radius 3 is 2.19 bits per heavy atom. The molecule has 0 saturated carbocycles. The number of hydrogen-bond donors (Lipinski definition) is 0. The van der Waals surface area contributed by atoms with E-state index in [1.807, 2.05) is 0 Å². The molecule has 0 spiro atoms. The van der Waals surface area contributed by atoms with E-state index >= 15 is 0 Å². The number of carbonyl (C=O) groups is 1. The summed E-state index contributed by atoms with van der Waals surface area (Å²) in [6.07, 6.45) is 9.62. The van der Waals surface area contributed by atoms with Gasteiger partial charge in [-0.25, -0.2) is 4.57 Å². The zero-order valence-corrected chi connectivity index (χ0v) is 10.2. The molecule has 0 amide bonds. The molecule has 1 aromatic heterocycles. The van der Waals surface area contributed by atoms with Gasteiger partial charge in [0.15, 0.2) is 12.4 Å². The molecule has 0 aromatic carbocycles. The molecular formula is C13H21NO2. The van der Waals surface area contributed by atoms with Crippen molar-refractivity contribution in [2.45, 2.75) is 46.1 Å². The van der Waals surface area contributed by atoms with Crippen LogP contribution in [0.25, 0.3) is 0 Å². The van der Waals surface area contributed by atoms with Gasteiger partial charge in [0.2, 0.25) is 0 Å². The number of hydrogen-bond acceptors (Lipinski definition) is 2. The maximum Gasteiger partial charge on any atom is 0.168 e. The Hall–Kier alpha value is -1.38. The van der Waals surface area contributed by atoms with E-state index in [1.54, 1.807) is 0 Å². The number of unbranched alkanes of at least 4 members (excludes halogenated alkanes) is 3. The van der Waals surface area contributed by atoms with E-state index in [1.165, 1.54) is 32.2 Å². The molecule has 0 aliphatic carbocycles. The molecule has 3 heteroatoms. The molecule has 1 heterocycles. The Morgan fingerprint density at radius 1 is 1.12 bits per heavy atom. The van der Waals surface area contributed by atoms with Crippen molar-refractivity contribution in [1.82, 2.24) is 0 Å². The highest BCUT2D eigenvalue weighted by atomic mass is 16.4. The van der Waals surface area contributed by atoms with Crippen molar-refractivity contribution in [3.05, 3.63) is 30.6 Å². The van der Waals surface area contributed by atoms with Crippen LogP contribution in [-0.2, 0) is 11.3 Å². The van der Waals surface area contributed by atoms with Gasteiger partial charge in [-0.2, -0.15) is 0 Å². The van der Waals surface area contributed by atoms with Gasteiger partial charge < -0.3 is 9.90 Å². The molecule has 0 fully saturated rings. The number of pyridine rings is 1. The van der Waals surface area contributed by atoms with E-state index in [0.29, 0.717) is 0 Å². The van der Waals surface area contributed by atoms with Crippen molar-refractivity contribution >= 4 is 5.97 Å². The molecule has 0 N–H and O–H groups in total. The van der Waals surface area contributed by atoms with Crippen LogP contribution in [0.2, 0.25) is 0 Å². The predicted octanol–water partition coefficient (Wildman–Crippen LogP) is 1.31. The number of aryl methyl sites for hydroxylation is 1. The minimum atomic E-state index is -1.08. The summed E-state index contributed by atoms with van der Waals surface area (Å²) in [5, 5.41) is 8.89. The molecular weight excluding hydrogens is 202 g/mol. The summed E-state index contributed by atoms with van der Waals surface area (Å²) in [6.45, 7) is 4.39. The predicted molar refractivity (Wildman–Crippen MR) is 61.5 cm³/mol. The van der Waals surface area contributed by atoms with Crippen molar-refractivity contribution in [3.63, 3.8) is 0 Å². The summed E-state index contributed by atoms with van der Waals surface area (Å²) in [5.74, 6) is -1.08. The number of carbonyl (C=O) groups excluding carboxylic acids is 1. The van der Waals surface area contributed by atoms with Gasteiger partial charge in [0.05, 0.1) is 0 Å². The third-order valence-corrected chi connectivity index (χ3v) is 2.05. The smallest absolute Gasteiger partial charge is 0.168 e. The van der Waals surface area contributed by atoms with Crippen LogP contribution in [0.15, 0.2) is 30.6 Å². The van der Waals surface area contributed by atoms with E-state index in [2.05, 4.69) is 42.1 Å². The summed E-state index contributed by atoms with van der Waals surface area (Å²) in [6, 6.07) is 6.22. The average molecular weight is 223 g/mol. The number of carboxylic acids is 1. The first kappa shape index (κ1) is 14.6. The molecule has 0 radical (unpaired) electrons. The van der Waals surface area contributed by atoms with Crippen LogP contribution in [0.5, 0.6) is 0 Å². The monoisotopic (exact) mass is 223 g/mol. The van der Waals surface area contributed by atoms with Gasteiger partial charge in [-0.3, -0.25) is 0 Å². The van der Waals surface area contributed by atoms with E-state index in [9.17, 15) is 0 Å². The Bertz CT molecular complexity index is 269. The fourth-order valence-corrected chi connectivity index (χ4v) is 1.30. The number of aliphatic carboxylic acids is 1. The lowest BCUT2D eigenvalue weighted by Crippen LogP contribution is -2.32. The highest BCUT2D eigenvalue weighted by Crippen LogP contribution is 1.97. The topological polar surface area (TPSA) is 44.0 Å². The van der Waals surface area contributed by atoms with E-state index in [4.69, 9.17) is 9.90 Å². The summed E-state index contributed by atoms with van der Waals surface area (Å²) in [5.41, 5.74) is 0. The Kier molecular flexibility index (Phi) is 9.27. The molecule has 90 valence electrons. The largest absolute Gasteiger partial charge is 0.550 e. The fourth-order valence-electron chi connectivity index (χ4n) is 1.30. The second-order valence-electron chi connectivity index (χ2n) is 3.67. The highest BCUT2D eigenvalue weighted by Gasteiger charge is 1.95. The molecule has 16 heavy (non-hydrogen) atoms. The van der Waals surface area contributed by atoms with Crippen LogP contribution in [0.4, 0.5) is 0 Å². The van der Waals surface area contributed by atoms with Crippen molar-refractivity contribution < 1.29 is 14.5 Å². The normalized spacial score (nSPS) is 9.12. The molecule has 0 aliphatic rings. The fraction of sp³-hybridized carbons (Fsp3) is 0.538. The minimum Gasteiger partial charge on any atom is -0.550 e. The van der Waals surface area contributed by atoms with Crippen LogP contribution in [0.3, 0.4) is 0 Å². The van der Waals surface area contributed by atoms with Crippen molar-refractivity contribution in [3.8, 4) is 0 Å². The van der Waals surface area contributed by atoms with Gasteiger partial charge in [0.25, 0.3) is 0 Å². The maximum absolute atomic E-state index is 8.89. The summed E-state index contributed by atoms with van der Waals surface area (Å²) in [4.78, 5) is 8.89. The number of rotatable bonds is 5. The zero-order valence-electron chi connectivity index (χ0n) is 10.2. The minimum absolute atomic E-state index is 0.972. The number of nitrogens with zero attached hydrogens (tertiary/aromatic N) is 1. The molecule has 0 bridgehead atoms. The lowest BCUT2D eigenvalue weighted by atomic mass is 10.2. The van der Waals surface area contributed by atoms with Crippen LogP contribution in [0, 0.1) is 0 Å². The number of aromatic nitrogens is 1. The quantitative estimate of drug-likeness (QED) is 0.558.